The molecule has 0 bridgehead atoms. The SMILES string of the molecule is Cc1noc(C)c1CNS(=O)(=O)c1cc(Cl)cc(N)c1F. The van der Waals surface area contributed by atoms with Crippen molar-refractivity contribution < 1.29 is 17.3 Å². The summed E-state index contributed by atoms with van der Waals surface area (Å²) in [6.07, 6.45) is 0. The highest BCUT2D eigenvalue weighted by molar-refractivity contribution is 7.89. The van der Waals surface area contributed by atoms with Crippen LogP contribution in [0.5, 0.6) is 0 Å². The zero-order chi connectivity index (χ0) is 15.8. The van der Waals surface area contributed by atoms with E-state index in [-0.39, 0.29) is 17.3 Å². The molecule has 9 heteroatoms. The molecule has 0 fully saturated rings. The lowest BCUT2D eigenvalue weighted by Crippen LogP contribution is -2.25. The number of hydrogen-bond acceptors (Lipinski definition) is 5. The molecule has 21 heavy (non-hydrogen) atoms. The van der Waals surface area contributed by atoms with E-state index in [0.717, 1.165) is 12.1 Å². The van der Waals surface area contributed by atoms with E-state index in [1.165, 1.54) is 0 Å². The average molecular weight is 334 g/mol. The molecule has 0 radical (unpaired) electrons. The van der Waals surface area contributed by atoms with Crippen molar-refractivity contribution in [3.8, 4) is 0 Å². The van der Waals surface area contributed by atoms with Gasteiger partial charge in [0.05, 0.1) is 11.4 Å². The van der Waals surface area contributed by atoms with Crippen LogP contribution in [0.25, 0.3) is 0 Å². The van der Waals surface area contributed by atoms with E-state index < -0.39 is 20.7 Å². The number of anilines is 1. The molecule has 3 N–H and O–H groups in total. The first-order valence-corrected chi connectivity index (χ1v) is 7.74. The van der Waals surface area contributed by atoms with Crippen molar-refractivity contribution in [2.24, 2.45) is 0 Å². The van der Waals surface area contributed by atoms with Crippen molar-refractivity contribution in [2.75, 3.05) is 5.73 Å². The molecule has 1 heterocycles. The summed E-state index contributed by atoms with van der Waals surface area (Å²) in [4.78, 5) is -0.598. The minimum Gasteiger partial charge on any atom is -0.396 e. The van der Waals surface area contributed by atoms with Crippen molar-refractivity contribution in [2.45, 2.75) is 25.3 Å². The molecule has 0 amide bonds. The molecule has 0 aliphatic rings. The standard InChI is InChI=1S/C12H13ClFN3O3S/c1-6-9(7(2)20-17-6)5-16-21(18,19)11-4-8(13)3-10(15)12(11)14/h3-4,16H,5,15H2,1-2H3. The molecular formula is C12H13ClFN3O3S. The molecular weight excluding hydrogens is 321 g/mol. The fourth-order valence-corrected chi connectivity index (χ4v) is 3.20. The van der Waals surface area contributed by atoms with Crippen LogP contribution >= 0.6 is 11.6 Å². The Labute approximate surface area is 126 Å². The lowest BCUT2D eigenvalue weighted by molar-refractivity contribution is 0.392. The van der Waals surface area contributed by atoms with Gasteiger partial charge in [0, 0.05) is 17.1 Å². The highest BCUT2D eigenvalue weighted by Gasteiger charge is 2.22. The van der Waals surface area contributed by atoms with Crippen LogP contribution in [0.2, 0.25) is 5.02 Å². The van der Waals surface area contributed by atoms with Crippen molar-refractivity contribution in [3.05, 3.63) is 40.0 Å². The number of nitrogen functional groups attached to an aromatic ring is 1. The molecule has 0 unspecified atom stereocenters. The summed E-state index contributed by atoms with van der Waals surface area (Å²) in [5.74, 6) is -0.549. The molecule has 1 aromatic heterocycles. The predicted octanol–water partition coefficient (Wildman–Crippen LogP) is 2.14. The van der Waals surface area contributed by atoms with E-state index in [0.29, 0.717) is 17.0 Å². The number of nitrogens with two attached hydrogens (primary N) is 1. The summed E-state index contributed by atoms with van der Waals surface area (Å²) in [6, 6.07) is 2.15. The number of aryl methyl sites for hydroxylation is 2. The second-order valence-corrected chi connectivity index (χ2v) is 6.61. The molecule has 0 aliphatic carbocycles. The maximum Gasteiger partial charge on any atom is 0.243 e. The zero-order valence-corrected chi connectivity index (χ0v) is 12.8. The highest BCUT2D eigenvalue weighted by atomic mass is 35.5. The van der Waals surface area contributed by atoms with E-state index in [4.69, 9.17) is 21.9 Å². The average Bonchev–Trinajstić information content (AvgIpc) is 2.71. The van der Waals surface area contributed by atoms with Gasteiger partial charge in [0.25, 0.3) is 0 Å². The molecule has 0 saturated heterocycles. The van der Waals surface area contributed by atoms with E-state index in [2.05, 4.69) is 9.88 Å². The molecule has 6 nitrogen and oxygen atoms in total. The van der Waals surface area contributed by atoms with Gasteiger partial charge in [0.2, 0.25) is 10.0 Å². The van der Waals surface area contributed by atoms with Gasteiger partial charge in [-0.1, -0.05) is 16.8 Å². The Morgan fingerprint density at radius 3 is 2.67 bits per heavy atom. The van der Waals surface area contributed by atoms with Gasteiger partial charge >= 0.3 is 0 Å². The van der Waals surface area contributed by atoms with Gasteiger partial charge in [-0.25, -0.2) is 17.5 Å². The first kappa shape index (κ1) is 15.7. The third-order valence-electron chi connectivity index (χ3n) is 2.94. The predicted molar refractivity (Wildman–Crippen MR) is 75.8 cm³/mol. The Kier molecular flexibility index (Phi) is 4.22. The molecule has 0 aliphatic heterocycles. The van der Waals surface area contributed by atoms with Gasteiger partial charge in [-0.15, -0.1) is 0 Å². The summed E-state index contributed by atoms with van der Waals surface area (Å²) in [5, 5.41) is 3.74. The third kappa shape index (κ3) is 3.17. The smallest absolute Gasteiger partial charge is 0.243 e. The molecule has 2 rings (SSSR count). The van der Waals surface area contributed by atoms with Gasteiger partial charge in [-0.2, -0.15) is 0 Å². The number of rotatable bonds is 4. The van der Waals surface area contributed by atoms with Gasteiger partial charge in [-0.05, 0) is 26.0 Å². The molecule has 1 aromatic carbocycles. The highest BCUT2D eigenvalue weighted by Crippen LogP contribution is 2.25. The Morgan fingerprint density at radius 1 is 1.43 bits per heavy atom. The Balaban J connectivity index is 2.32. The number of sulfonamides is 1. The second kappa shape index (κ2) is 5.63. The van der Waals surface area contributed by atoms with Crippen LogP contribution < -0.4 is 10.5 Å². The maximum atomic E-state index is 13.9. The van der Waals surface area contributed by atoms with Crippen molar-refractivity contribution in [1.29, 1.82) is 0 Å². The van der Waals surface area contributed by atoms with E-state index in [1.807, 2.05) is 0 Å². The summed E-state index contributed by atoms with van der Waals surface area (Å²) in [7, 11) is -4.10. The second-order valence-electron chi connectivity index (χ2n) is 4.43. The minimum atomic E-state index is -4.10. The van der Waals surface area contributed by atoms with Gasteiger partial charge in [0.15, 0.2) is 5.82 Å². The zero-order valence-electron chi connectivity index (χ0n) is 11.3. The molecule has 0 spiro atoms. The van der Waals surface area contributed by atoms with Crippen LogP contribution in [0.4, 0.5) is 10.1 Å². The molecule has 0 saturated carbocycles. The quantitative estimate of drug-likeness (QED) is 0.835. The number of nitrogens with zero attached hydrogens (tertiary/aromatic N) is 1. The number of benzene rings is 1. The van der Waals surface area contributed by atoms with Gasteiger partial charge in [0.1, 0.15) is 10.7 Å². The van der Waals surface area contributed by atoms with Crippen LogP contribution in [0.15, 0.2) is 21.6 Å². The maximum absolute atomic E-state index is 13.9. The van der Waals surface area contributed by atoms with Crippen molar-refractivity contribution in [1.82, 2.24) is 9.88 Å². The minimum absolute atomic E-state index is 0.0339. The number of aromatic nitrogens is 1. The van der Waals surface area contributed by atoms with E-state index in [1.54, 1.807) is 13.8 Å². The monoisotopic (exact) mass is 333 g/mol. The summed E-state index contributed by atoms with van der Waals surface area (Å²) >= 11 is 5.71. The summed E-state index contributed by atoms with van der Waals surface area (Å²) < 4.78 is 45.4. The summed E-state index contributed by atoms with van der Waals surface area (Å²) in [6.45, 7) is 3.26. The Morgan fingerprint density at radius 2 is 2.10 bits per heavy atom. The van der Waals surface area contributed by atoms with E-state index >= 15 is 0 Å². The van der Waals surface area contributed by atoms with Crippen LogP contribution in [-0.2, 0) is 16.6 Å². The van der Waals surface area contributed by atoms with Gasteiger partial charge < -0.3 is 10.3 Å². The van der Waals surface area contributed by atoms with E-state index in [9.17, 15) is 12.8 Å². The topological polar surface area (TPSA) is 98.2 Å². The molecule has 114 valence electrons. The van der Waals surface area contributed by atoms with Crippen LogP contribution in [-0.4, -0.2) is 13.6 Å². The Bertz CT molecular complexity index is 770. The first-order chi connectivity index (χ1) is 9.72. The third-order valence-corrected chi connectivity index (χ3v) is 4.56. The summed E-state index contributed by atoms with van der Waals surface area (Å²) in [5.41, 5.74) is 6.20. The lowest BCUT2D eigenvalue weighted by Gasteiger charge is -2.09. The number of halogens is 2. The number of nitrogens with one attached hydrogen (secondary N) is 1. The number of hydrogen-bond donors (Lipinski definition) is 2. The first-order valence-electron chi connectivity index (χ1n) is 5.88. The Hall–Kier alpha value is -1.64. The van der Waals surface area contributed by atoms with Crippen molar-refractivity contribution >= 4 is 27.3 Å². The fraction of sp³-hybridized carbons (Fsp3) is 0.250. The van der Waals surface area contributed by atoms with Crippen LogP contribution in [0.3, 0.4) is 0 Å². The molecule has 0 atom stereocenters. The van der Waals surface area contributed by atoms with Gasteiger partial charge in [-0.3, -0.25) is 0 Å². The lowest BCUT2D eigenvalue weighted by atomic mass is 10.2. The molecule has 2 aromatic rings. The van der Waals surface area contributed by atoms with Crippen molar-refractivity contribution in [3.63, 3.8) is 0 Å². The fourth-order valence-electron chi connectivity index (χ4n) is 1.78. The normalized spacial score (nSPS) is 11.8. The van der Waals surface area contributed by atoms with Crippen LogP contribution in [0.1, 0.15) is 17.0 Å². The van der Waals surface area contributed by atoms with Crippen LogP contribution in [0, 0.1) is 19.7 Å². The largest absolute Gasteiger partial charge is 0.396 e.